The zero-order valence-electron chi connectivity index (χ0n) is 20.8. The van der Waals surface area contributed by atoms with Gasteiger partial charge in [-0.3, -0.25) is 9.79 Å². The van der Waals surface area contributed by atoms with Crippen molar-refractivity contribution in [2.45, 2.75) is 96.8 Å². The van der Waals surface area contributed by atoms with Gasteiger partial charge in [0.25, 0.3) is 0 Å². The molecular weight excluding hydrogens is 497 g/mol. The van der Waals surface area contributed by atoms with E-state index in [9.17, 15) is 9.18 Å². The fourth-order valence-electron chi connectivity index (χ4n) is 3.56. The van der Waals surface area contributed by atoms with Crippen molar-refractivity contribution in [3.8, 4) is 0 Å². The van der Waals surface area contributed by atoms with Crippen molar-refractivity contribution in [3.05, 3.63) is 40.6 Å². The molecule has 2 rings (SSSR count). The molecule has 0 saturated carbocycles. The van der Waals surface area contributed by atoms with Gasteiger partial charge in [-0.2, -0.15) is 0 Å². The Morgan fingerprint density at radius 2 is 1.68 bits per heavy atom. The number of aliphatic imine (C=N–C) groups is 1. The van der Waals surface area contributed by atoms with E-state index in [0.29, 0.717) is 22.5 Å². The molecule has 0 radical (unpaired) electrons. The number of nitrogens with one attached hydrogen (secondary N) is 2. The summed E-state index contributed by atoms with van der Waals surface area (Å²) in [6.45, 7) is 3.79. The maximum Gasteiger partial charge on any atom is 0.303 e. The summed E-state index contributed by atoms with van der Waals surface area (Å²) >= 11 is 3.27. The highest BCUT2D eigenvalue weighted by molar-refractivity contribution is 9.10. The number of unbranched alkanes of at least 4 members (excludes halogenated alkanes) is 11. The van der Waals surface area contributed by atoms with Crippen LogP contribution in [0.5, 0.6) is 0 Å². The molecule has 5 nitrogen and oxygen atoms in total. The molecule has 0 aromatic heterocycles. The van der Waals surface area contributed by atoms with E-state index in [4.69, 9.17) is 5.11 Å². The monoisotopic (exact) mass is 539 g/mol. The summed E-state index contributed by atoms with van der Waals surface area (Å²) in [7, 11) is 0. The Balaban J connectivity index is 0.000000358. The maximum absolute atomic E-state index is 13.3. The van der Waals surface area contributed by atoms with Crippen LogP contribution in [0.4, 0.5) is 10.1 Å². The lowest BCUT2D eigenvalue weighted by Crippen LogP contribution is -2.26. The molecule has 1 heterocycles. The van der Waals surface area contributed by atoms with Crippen LogP contribution in [0.1, 0.15) is 96.8 Å². The largest absolute Gasteiger partial charge is 0.481 e. The van der Waals surface area contributed by atoms with E-state index in [1.165, 1.54) is 76.7 Å². The zero-order valence-corrected chi connectivity index (χ0v) is 22.3. The van der Waals surface area contributed by atoms with Gasteiger partial charge >= 0.3 is 5.97 Å². The van der Waals surface area contributed by atoms with Crippen LogP contribution in [-0.4, -0.2) is 30.1 Å². The number of carboxylic acid groups (broad SMARTS) is 1. The van der Waals surface area contributed by atoms with Crippen molar-refractivity contribution in [3.63, 3.8) is 0 Å². The van der Waals surface area contributed by atoms with E-state index >= 15 is 0 Å². The summed E-state index contributed by atoms with van der Waals surface area (Å²) in [5.41, 5.74) is 0.417. The Morgan fingerprint density at radius 3 is 2.24 bits per heavy atom. The molecule has 1 aliphatic heterocycles. The fourth-order valence-corrected chi connectivity index (χ4v) is 4.01. The Morgan fingerprint density at radius 1 is 1.06 bits per heavy atom. The van der Waals surface area contributed by atoms with Crippen molar-refractivity contribution in [2.24, 2.45) is 4.99 Å². The Kier molecular flexibility index (Phi) is 18.2. The predicted octanol–water partition coefficient (Wildman–Crippen LogP) is 8.07. The first-order valence-corrected chi connectivity index (χ1v) is 13.7. The van der Waals surface area contributed by atoms with Gasteiger partial charge in [-0.1, -0.05) is 76.5 Å². The van der Waals surface area contributed by atoms with E-state index in [0.717, 1.165) is 25.9 Å². The van der Waals surface area contributed by atoms with Crippen LogP contribution in [0, 0.1) is 5.82 Å². The summed E-state index contributed by atoms with van der Waals surface area (Å²) in [6.07, 6.45) is 21.2. The minimum absolute atomic E-state index is 0.296. The van der Waals surface area contributed by atoms with Crippen molar-refractivity contribution >= 4 is 33.5 Å². The number of halogens is 2. The molecule has 1 aliphatic rings. The lowest BCUT2D eigenvalue weighted by Gasteiger charge is -2.09. The minimum atomic E-state index is -0.664. The van der Waals surface area contributed by atoms with Gasteiger partial charge in [0.2, 0.25) is 0 Å². The quantitative estimate of drug-likeness (QED) is 0.146. The molecule has 1 aromatic rings. The van der Waals surface area contributed by atoms with Crippen LogP contribution in [0.15, 0.2) is 39.8 Å². The molecule has 7 heteroatoms. The number of carboxylic acids is 1. The highest BCUT2D eigenvalue weighted by Crippen LogP contribution is 2.25. The van der Waals surface area contributed by atoms with Gasteiger partial charge in [-0.05, 0) is 60.2 Å². The SMILES string of the molecule is CCCCCCCC/C=C\CCCCCCCC(=O)O.Fc1cccc(Br)c1NC1=NCCN1. The van der Waals surface area contributed by atoms with Crippen LogP contribution in [0.3, 0.4) is 0 Å². The molecule has 0 bridgehead atoms. The molecule has 3 N–H and O–H groups in total. The predicted molar refractivity (Wildman–Crippen MR) is 145 cm³/mol. The number of nitrogens with zero attached hydrogens (tertiary/aromatic N) is 1. The van der Waals surface area contributed by atoms with Gasteiger partial charge < -0.3 is 15.7 Å². The van der Waals surface area contributed by atoms with Gasteiger partial charge in [-0.15, -0.1) is 0 Å². The molecule has 192 valence electrons. The second-order valence-electron chi connectivity index (χ2n) is 8.61. The molecule has 0 spiro atoms. The Bertz CT molecular complexity index is 720. The lowest BCUT2D eigenvalue weighted by atomic mass is 10.1. The fraction of sp³-hybridized carbons (Fsp3) is 0.630. The van der Waals surface area contributed by atoms with E-state index in [2.05, 4.69) is 50.6 Å². The molecule has 0 aliphatic carbocycles. The first kappa shape index (κ1) is 30.1. The summed E-state index contributed by atoms with van der Waals surface area (Å²) in [5, 5.41) is 14.4. The van der Waals surface area contributed by atoms with Crippen LogP contribution in [0.25, 0.3) is 0 Å². The third-order valence-corrected chi connectivity index (χ3v) is 6.19. The van der Waals surface area contributed by atoms with Crippen molar-refractivity contribution in [2.75, 3.05) is 18.4 Å². The number of rotatable bonds is 16. The number of para-hydroxylation sites is 1. The number of aliphatic carboxylic acids is 1. The second-order valence-corrected chi connectivity index (χ2v) is 9.46. The Labute approximate surface area is 213 Å². The number of benzene rings is 1. The third kappa shape index (κ3) is 15.9. The van der Waals surface area contributed by atoms with E-state index in [-0.39, 0.29) is 5.82 Å². The summed E-state index contributed by atoms with van der Waals surface area (Å²) in [5.74, 6) is -0.339. The molecule has 0 amide bonds. The number of carbonyl (C=O) groups is 1. The van der Waals surface area contributed by atoms with Crippen LogP contribution < -0.4 is 10.6 Å². The number of anilines is 1. The molecular formula is C27H43BrFN3O2. The van der Waals surface area contributed by atoms with E-state index in [1.54, 1.807) is 12.1 Å². The number of allylic oxidation sites excluding steroid dienone is 2. The topological polar surface area (TPSA) is 73.7 Å². The third-order valence-electron chi connectivity index (χ3n) is 5.53. The zero-order chi connectivity index (χ0) is 24.9. The van der Waals surface area contributed by atoms with Crippen molar-refractivity contribution in [1.29, 1.82) is 0 Å². The van der Waals surface area contributed by atoms with E-state index in [1.807, 2.05) is 0 Å². The highest BCUT2D eigenvalue weighted by atomic mass is 79.9. The smallest absolute Gasteiger partial charge is 0.303 e. The molecule has 1 aromatic carbocycles. The maximum atomic E-state index is 13.3. The van der Waals surface area contributed by atoms with Gasteiger partial charge in [-0.25, -0.2) is 4.39 Å². The van der Waals surface area contributed by atoms with Crippen molar-refractivity contribution in [1.82, 2.24) is 5.32 Å². The van der Waals surface area contributed by atoms with Gasteiger partial charge in [0.15, 0.2) is 5.96 Å². The summed E-state index contributed by atoms with van der Waals surface area (Å²) in [4.78, 5) is 14.4. The average Bonchev–Trinajstić information content (AvgIpc) is 3.33. The minimum Gasteiger partial charge on any atom is -0.481 e. The van der Waals surface area contributed by atoms with Gasteiger partial charge in [0, 0.05) is 17.4 Å². The second kappa shape index (κ2) is 20.5. The average molecular weight is 541 g/mol. The first-order chi connectivity index (χ1) is 16.5. The van der Waals surface area contributed by atoms with Gasteiger partial charge in [0.1, 0.15) is 5.82 Å². The molecule has 0 unspecified atom stereocenters. The van der Waals surface area contributed by atoms with Crippen LogP contribution in [-0.2, 0) is 4.79 Å². The molecule has 0 atom stereocenters. The molecule has 34 heavy (non-hydrogen) atoms. The first-order valence-electron chi connectivity index (χ1n) is 12.9. The van der Waals surface area contributed by atoms with Crippen LogP contribution >= 0.6 is 15.9 Å². The lowest BCUT2D eigenvalue weighted by molar-refractivity contribution is -0.137. The van der Waals surface area contributed by atoms with Crippen molar-refractivity contribution < 1.29 is 14.3 Å². The molecule has 0 fully saturated rings. The summed E-state index contributed by atoms with van der Waals surface area (Å²) < 4.78 is 14.0. The molecule has 0 saturated heterocycles. The number of hydrogen-bond donors (Lipinski definition) is 3. The number of hydrogen-bond acceptors (Lipinski definition) is 4. The standard InChI is InChI=1S/C18H34O2.C9H9BrFN3/c1-2-3-4-5-6-7-8-9-10-11-12-13-14-15-16-17-18(19)20;10-6-2-1-3-7(11)8(6)14-9-12-4-5-13-9/h9-10H,2-8,11-17H2,1H3,(H,19,20);1-3H,4-5H2,(H2,12,13,14)/b10-9-;. The highest BCUT2D eigenvalue weighted by Gasteiger charge is 2.10. The van der Waals surface area contributed by atoms with Crippen LogP contribution in [0.2, 0.25) is 0 Å². The summed E-state index contributed by atoms with van der Waals surface area (Å²) in [6, 6.07) is 4.83. The van der Waals surface area contributed by atoms with Gasteiger partial charge in [0.05, 0.1) is 12.2 Å². The Hall–Kier alpha value is -1.89. The van der Waals surface area contributed by atoms with E-state index < -0.39 is 5.97 Å². The normalized spacial score (nSPS) is 12.7. The number of guanidine groups is 1.